The van der Waals surface area contributed by atoms with Crippen molar-refractivity contribution in [1.29, 1.82) is 0 Å². The maximum atomic E-state index is 12.6. The van der Waals surface area contributed by atoms with E-state index in [0.29, 0.717) is 31.7 Å². The van der Waals surface area contributed by atoms with E-state index in [2.05, 4.69) is 11.8 Å². The van der Waals surface area contributed by atoms with Crippen molar-refractivity contribution in [3.05, 3.63) is 0 Å². The number of carbonyl (C=O) groups is 2. The number of ether oxygens (including phenoxy) is 1. The van der Waals surface area contributed by atoms with Crippen molar-refractivity contribution in [2.24, 2.45) is 5.92 Å². The molecule has 2 heterocycles. The summed E-state index contributed by atoms with van der Waals surface area (Å²) < 4.78 is 5.41. The average Bonchev–Trinajstić information content (AvgIpc) is 2.79. The number of rotatable bonds is 3. The highest BCUT2D eigenvalue weighted by Crippen LogP contribution is 2.22. The first-order valence-corrected chi connectivity index (χ1v) is 7.42. The van der Waals surface area contributed by atoms with E-state index in [1.54, 1.807) is 4.90 Å². The van der Waals surface area contributed by atoms with E-state index in [1.165, 1.54) is 0 Å². The number of amides is 2. The Labute approximate surface area is 125 Å². The number of carbonyl (C=O) groups excluding carboxylic acids is 1. The molecule has 120 valence electrons. The first-order valence-electron chi connectivity index (χ1n) is 7.42. The summed E-state index contributed by atoms with van der Waals surface area (Å²) in [5.41, 5.74) is 0. The fourth-order valence-electron chi connectivity index (χ4n) is 3.19. The van der Waals surface area contributed by atoms with Gasteiger partial charge in [-0.05, 0) is 20.0 Å². The number of nitrogens with zero attached hydrogens (tertiary/aromatic N) is 3. The minimum atomic E-state index is -0.892. The normalized spacial score (nSPS) is 30.0. The molecule has 0 aromatic rings. The zero-order chi connectivity index (χ0) is 15.6. The first kappa shape index (κ1) is 16.0. The van der Waals surface area contributed by atoms with Gasteiger partial charge in [0, 0.05) is 32.2 Å². The Morgan fingerprint density at radius 1 is 1.24 bits per heavy atom. The smallest absolute Gasteiger partial charge is 0.320 e. The van der Waals surface area contributed by atoms with Crippen LogP contribution in [0.15, 0.2) is 0 Å². The van der Waals surface area contributed by atoms with Crippen LogP contribution < -0.4 is 0 Å². The molecule has 2 rings (SSSR count). The van der Waals surface area contributed by atoms with Gasteiger partial charge < -0.3 is 24.5 Å². The minimum Gasteiger partial charge on any atom is -0.481 e. The molecule has 7 heteroatoms. The molecular weight excluding hydrogens is 274 g/mol. The van der Waals surface area contributed by atoms with Gasteiger partial charge in [0.1, 0.15) is 0 Å². The summed E-state index contributed by atoms with van der Waals surface area (Å²) in [5, 5.41) is 8.83. The first-order chi connectivity index (χ1) is 9.88. The predicted octanol–water partition coefficient (Wildman–Crippen LogP) is 0.164. The molecule has 0 bridgehead atoms. The van der Waals surface area contributed by atoms with Crippen LogP contribution in [0.1, 0.15) is 13.3 Å². The molecule has 2 fully saturated rings. The Morgan fingerprint density at radius 3 is 2.52 bits per heavy atom. The van der Waals surface area contributed by atoms with E-state index in [-0.39, 0.29) is 12.5 Å². The second-order valence-corrected chi connectivity index (χ2v) is 6.23. The number of morpholine rings is 1. The summed E-state index contributed by atoms with van der Waals surface area (Å²) in [7, 11) is 4.07. The Morgan fingerprint density at radius 2 is 1.95 bits per heavy atom. The molecule has 2 aliphatic rings. The lowest BCUT2D eigenvalue weighted by atomic mass is 10.1. The van der Waals surface area contributed by atoms with Gasteiger partial charge in [0.25, 0.3) is 0 Å². The SMILES string of the molecule is CC1CN(C(=O)N2CCOC(CC(=O)O)C2)CC1N(C)C. The number of likely N-dealkylation sites (N-methyl/N-ethyl adjacent to an activating group) is 1. The van der Waals surface area contributed by atoms with E-state index < -0.39 is 12.1 Å². The molecule has 1 N–H and O–H groups in total. The van der Waals surface area contributed by atoms with Crippen molar-refractivity contribution in [3.8, 4) is 0 Å². The Kier molecular flexibility index (Phi) is 5.05. The van der Waals surface area contributed by atoms with Crippen LogP contribution in [-0.4, -0.2) is 90.8 Å². The molecule has 2 aliphatic heterocycles. The lowest BCUT2D eigenvalue weighted by Gasteiger charge is -2.35. The number of carboxylic acids is 1. The highest BCUT2D eigenvalue weighted by atomic mass is 16.5. The number of hydrogen-bond acceptors (Lipinski definition) is 4. The van der Waals surface area contributed by atoms with Crippen molar-refractivity contribution in [1.82, 2.24) is 14.7 Å². The van der Waals surface area contributed by atoms with Gasteiger partial charge in [-0.15, -0.1) is 0 Å². The predicted molar refractivity (Wildman–Crippen MR) is 77.2 cm³/mol. The van der Waals surface area contributed by atoms with Gasteiger partial charge in [-0.2, -0.15) is 0 Å². The number of aliphatic carboxylic acids is 1. The van der Waals surface area contributed by atoms with Crippen LogP contribution in [0.5, 0.6) is 0 Å². The zero-order valence-corrected chi connectivity index (χ0v) is 13.0. The molecule has 0 aliphatic carbocycles. The van der Waals surface area contributed by atoms with Gasteiger partial charge >= 0.3 is 12.0 Å². The lowest BCUT2D eigenvalue weighted by Crippen LogP contribution is -2.51. The van der Waals surface area contributed by atoms with Gasteiger partial charge in [-0.3, -0.25) is 4.79 Å². The van der Waals surface area contributed by atoms with E-state index in [1.807, 2.05) is 19.0 Å². The lowest BCUT2D eigenvalue weighted by molar-refractivity contribution is -0.141. The second-order valence-electron chi connectivity index (χ2n) is 6.23. The van der Waals surface area contributed by atoms with Crippen LogP contribution in [0.3, 0.4) is 0 Å². The molecule has 0 radical (unpaired) electrons. The summed E-state index contributed by atoms with van der Waals surface area (Å²) in [5.74, 6) is -0.448. The monoisotopic (exact) mass is 299 g/mol. The van der Waals surface area contributed by atoms with Gasteiger partial charge in [-0.25, -0.2) is 4.79 Å². The molecule has 0 aromatic heterocycles. The van der Waals surface area contributed by atoms with E-state index in [9.17, 15) is 9.59 Å². The Hall–Kier alpha value is -1.34. The van der Waals surface area contributed by atoms with Crippen molar-refractivity contribution in [2.45, 2.75) is 25.5 Å². The Bertz CT molecular complexity index is 402. The number of likely N-dealkylation sites (tertiary alicyclic amines) is 1. The highest BCUT2D eigenvalue weighted by molar-refractivity contribution is 5.75. The van der Waals surface area contributed by atoms with Crippen molar-refractivity contribution in [2.75, 3.05) is 46.9 Å². The van der Waals surface area contributed by atoms with E-state index in [0.717, 1.165) is 13.1 Å². The molecule has 2 saturated heterocycles. The third kappa shape index (κ3) is 3.85. The van der Waals surface area contributed by atoms with Crippen LogP contribution >= 0.6 is 0 Å². The van der Waals surface area contributed by atoms with Crippen LogP contribution in [-0.2, 0) is 9.53 Å². The summed E-state index contributed by atoms with van der Waals surface area (Å²) in [6, 6.07) is 0.384. The third-order valence-electron chi connectivity index (χ3n) is 4.32. The summed E-state index contributed by atoms with van der Waals surface area (Å²) in [6.45, 7) is 4.94. The van der Waals surface area contributed by atoms with Crippen molar-refractivity contribution in [3.63, 3.8) is 0 Å². The standard InChI is InChI=1S/C14H25N3O4/c1-10-7-17(9-12(10)15(2)3)14(20)16-4-5-21-11(8-16)6-13(18)19/h10-12H,4-9H2,1-3H3,(H,18,19). The van der Waals surface area contributed by atoms with Gasteiger partial charge in [0.15, 0.2) is 0 Å². The molecule has 7 nitrogen and oxygen atoms in total. The number of carboxylic acid groups (broad SMARTS) is 1. The molecule has 3 unspecified atom stereocenters. The summed E-state index contributed by atoms with van der Waals surface area (Å²) >= 11 is 0. The topological polar surface area (TPSA) is 73.3 Å². The minimum absolute atomic E-state index is 0.00453. The molecule has 21 heavy (non-hydrogen) atoms. The molecule has 2 amide bonds. The van der Waals surface area contributed by atoms with E-state index >= 15 is 0 Å². The highest BCUT2D eigenvalue weighted by Gasteiger charge is 2.36. The maximum absolute atomic E-state index is 12.6. The molecule has 0 spiro atoms. The summed E-state index contributed by atoms with van der Waals surface area (Å²) in [4.78, 5) is 29.1. The van der Waals surface area contributed by atoms with Gasteiger partial charge in [0.05, 0.1) is 19.1 Å². The number of hydrogen-bond donors (Lipinski definition) is 1. The van der Waals surface area contributed by atoms with Crippen LogP contribution in [0.25, 0.3) is 0 Å². The third-order valence-corrected chi connectivity index (χ3v) is 4.32. The molecule has 0 saturated carbocycles. The molecular formula is C14H25N3O4. The van der Waals surface area contributed by atoms with Gasteiger partial charge in [0.2, 0.25) is 0 Å². The second kappa shape index (κ2) is 6.62. The van der Waals surface area contributed by atoms with Crippen LogP contribution in [0.2, 0.25) is 0 Å². The van der Waals surface area contributed by atoms with Crippen molar-refractivity contribution >= 4 is 12.0 Å². The molecule has 3 atom stereocenters. The summed E-state index contributed by atoms with van der Waals surface area (Å²) in [6.07, 6.45) is -0.453. The van der Waals surface area contributed by atoms with E-state index in [4.69, 9.17) is 9.84 Å². The molecule has 0 aromatic carbocycles. The van der Waals surface area contributed by atoms with Gasteiger partial charge in [-0.1, -0.05) is 6.92 Å². The Balaban J connectivity index is 1.92. The maximum Gasteiger partial charge on any atom is 0.320 e. The number of urea groups is 1. The quantitative estimate of drug-likeness (QED) is 0.804. The average molecular weight is 299 g/mol. The van der Waals surface area contributed by atoms with Crippen LogP contribution in [0.4, 0.5) is 4.79 Å². The zero-order valence-electron chi connectivity index (χ0n) is 13.0. The van der Waals surface area contributed by atoms with Crippen molar-refractivity contribution < 1.29 is 19.4 Å². The van der Waals surface area contributed by atoms with Crippen LogP contribution in [0, 0.1) is 5.92 Å². The largest absolute Gasteiger partial charge is 0.481 e. The fourth-order valence-corrected chi connectivity index (χ4v) is 3.19. The fraction of sp³-hybridized carbons (Fsp3) is 0.857.